The number of nitrogens with one attached hydrogen (secondary N) is 1. The summed E-state index contributed by atoms with van der Waals surface area (Å²) >= 11 is 12.5. The van der Waals surface area contributed by atoms with Crippen LogP contribution in [0.4, 0.5) is 0 Å². The van der Waals surface area contributed by atoms with Gasteiger partial charge in [0.2, 0.25) is 0 Å². The summed E-state index contributed by atoms with van der Waals surface area (Å²) in [6, 6.07) is 0. The SMILES string of the molecule is C[C@H](CNC(=O)c1c(OC2=CC(C3C[C@@H]3C)[C@H](C)C=C2)cnn(C)c1=O)C1=CCC(Cl)C=C1Cl. The Hall–Kier alpha value is -2.31. The highest BCUT2D eigenvalue weighted by molar-refractivity contribution is 6.33. The van der Waals surface area contributed by atoms with Crippen LogP contribution in [0.3, 0.4) is 0 Å². The first-order chi connectivity index (χ1) is 16.2. The third-order valence-electron chi connectivity index (χ3n) is 7.02. The van der Waals surface area contributed by atoms with Gasteiger partial charge in [-0.3, -0.25) is 9.59 Å². The minimum Gasteiger partial charge on any atom is -0.455 e. The molecule has 1 aromatic heterocycles. The minimum atomic E-state index is -0.511. The molecule has 34 heavy (non-hydrogen) atoms. The molecule has 0 bridgehead atoms. The number of aryl methyl sites for hydroxylation is 1. The lowest BCUT2D eigenvalue weighted by molar-refractivity contribution is 0.0944. The van der Waals surface area contributed by atoms with Crippen LogP contribution in [0.15, 0.2) is 57.7 Å². The Balaban J connectivity index is 1.50. The van der Waals surface area contributed by atoms with Gasteiger partial charge in [0, 0.05) is 18.6 Å². The predicted molar refractivity (Wildman–Crippen MR) is 135 cm³/mol. The van der Waals surface area contributed by atoms with Crippen molar-refractivity contribution in [3.8, 4) is 5.75 Å². The van der Waals surface area contributed by atoms with Crippen LogP contribution in [0.2, 0.25) is 0 Å². The molecular weight excluding hydrogens is 473 g/mol. The van der Waals surface area contributed by atoms with Crippen molar-refractivity contribution in [3.05, 3.63) is 68.9 Å². The Bertz CT molecular complexity index is 1150. The van der Waals surface area contributed by atoms with E-state index in [0.29, 0.717) is 47.4 Å². The molecule has 1 amide bonds. The third kappa shape index (κ3) is 5.33. The van der Waals surface area contributed by atoms with Crippen LogP contribution in [0.5, 0.6) is 5.75 Å². The molecule has 0 aromatic carbocycles. The van der Waals surface area contributed by atoms with E-state index in [1.54, 1.807) is 0 Å². The van der Waals surface area contributed by atoms with Gasteiger partial charge in [-0.1, -0.05) is 44.5 Å². The maximum absolute atomic E-state index is 13.1. The average molecular weight is 504 g/mol. The highest BCUT2D eigenvalue weighted by atomic mass is 35.5. The number of rotatable bonds is 7. The molecule has 1 aromatic rings. The quantitative estimate of drug-likeness (QED) is 0.534. The molecule has 1 heterocycles. The number of carbonyl (C=O) groups excluding carboxylic acids is 1. The summed E-state index contributed by atoms with van der Waals surface area (Å²) in [6.45, 7) is 6.75. The molecule has 3 aliphatic rings. The first kappa shape index (κ1) is 24.8. The monoisotopic (exact) mass is 503 g/mol. The fourth-order valence-electron chi connectivity index (χ4n) is 4.72. The van der Waals surface area contributed by atoms with Gasteiger partial charge < -0.3 is 10.1 Å². The minimum absolute atomic E-state index is 0.0429. The molecule has 4 rings (SSSR count). The normalized spacial score (nSPS) is 29.0. The van der Waals surface area contributed by atoms with Crippen molar-refractivity contribution in [2.45, 2.75) is 39.0 Å². The van der Waals surface area contributed by atoms with E-state index in [9.17, 15) is 9.59 Å². The van der Waals surface area contributed by atoms with Crippen molar-refractivity contribution in [1.29, 1.82) is 0 Å². The number of ether oxygens (including phenoxy) is 1. The molecule has 6 atom stereocenters. The van der Waals surface area contributed by atoms with Gasteiger partial charge in [0.25, 0.3) is 11.5 Å². The molecule has 1 saturated carbocycles. The lowest BCUT2D eigenvalue weighted by Crippen LogP contribution is -2.36. The lowest BCUT2D eigenvalue weighted by atomic mass is 9.85. The smallest absolute Gasteiger partial charge is 0.283 e. The van der Waals surface area contributed by atoms with Crippen molar-refractivity contribution < 1.29 is 9.53 Å². The molecule has 0 spiro atoms. The van der Waals surface area contributed by atoms with Crippen LogP contribution in [-0.4, -0.2) is 27.6 Å². The van der Waals surface area contributed by atoms with E-state index in [-0.39, 0.29) is 22.6 Å². The predicted octanol–water partition coefficient (Wildman–Crippen LogP) is 4.95. The molecular formula is C26H31Cl2N3O3. The van der Waals surface area contributed by atoms with Crippen LogP contribution in [-0.2, 0) is 7.05 Å². The van der Waals surface area contributed by atoms with Gasteiger partial charge in [0.1, 0.15) is 5.76 Å². The summed E-state index contributed by atoms with van der Waals surface area (Å²) in [4.78, 5) is 26.0. The van der Waals surface area contributed by atoms with Gasteiger partial charge in [0.05, 0.1) is 11.6 Å². The van der Waals surface area contributed by atoms with Gasteiger partial charge in [-0.2, -0.15) is 5.10 Å². The number of amides is 1. The summed E-state index contributed by atoms with van der Waals surface area (Å²) in [5.74, 6) is 2.42. The number of hydrogen-bond donors (Lipinski definition) is 1. The van der Waals surface area contributed by atoms with E-state index in [0.717, 1.165) is 10.3 Å². The van der Waals surface area contributed by atoms with Crippen LogP contribution in [0.25, 0.3) is 0 Å². The van der Waals surface area contributed by atoms with Crippen molar-refractivity contribution >= 4 is 29.1 Å². The summed E-state index contributed by atoms with van der Waals surface area (Å²) in [5, 5.41) is 7.41. The van der Waals surface area contributed by atoms with Crippen LogP contribution >= 0.6 is 23.2 Å². The van der Waals surface area contributed by atoms with E-state index < -0.39 is 11.5 Å². The Morgan fingerprint density at radius 3 is 2.76 bits per heavy atom. The largest absolute Gasteiger partial charge is 0.455 e. The van der Waals surface area contributed by atoms with Crippen molar-refractivity contribution in [2.75, 3.05) is 6.54 Å². The summed E-state index contributed by atoms with van der Waals surface area (Å²) in [7, 11) is 1.51. The number of aromatic nitrogens is 2. The van der Waals surface area contributed by atoms with Crippen LogP contribution in [0.1, 0.15) is 44.0 Å². The van der Waals surface area contributed by atoms with Gasteiger partial charge in [0.15, 0.2) is 11.3 Å². The topological polar surface area (TPSA) is 73.2 Å². The second-order valence-corrected chi connectivity index (χ2v) is 10.7. The summed E-state index contributed by atoms with van der Waals surface area (Å²) in [5.41, 5.74) is 0.363. The number of allylic oxidation sites excluding steroid dienone is 6. The Labute approximate surface area is 210 Å². The molecule has 0 radical (unpaired) electrons. The van der Waals surface area contributed by atoms with Gasteiger partial charge in [-0.25, -0.2) is 4.68 Å². The number of hydrogen-bond acceptors (Lipinski definition) is 4. The number of alkyl halides is 1. The first-order valence-electron chi connectivity index (χ1n) is 11.8. The molecule has 3 aliphatic carbocycles. The highest BCUT2D eigenvalue weighted by Gasteiger charge is 2.41. The van der Waals surface area contributed by atoms with Crippen LogP contribution < -0.4 is 15.6 Å². The molecule has 8 heteroatoms. The third-order valence-corrected chi connectivity index (χ3v) is 7.67. The fourth-order valence-corrected chi connectivity index (χ4v) is 5.41. The van der Waals surface area contributed by atoms with Crippen molar-refractivity contribution in [2.24, 2.45) is 36.6 Å². The maximum atomic E-state index is 13.1. The van der Waals surface area contributed by atoms with E-state index in [1.807, 2.05) is 25.2 Å². The van der Waals surface area contributed by atoms with E-state index >= 15 is 0 Å². The molecule has 1 fully saturated rings. The fraction of sp³-hybridized carbons (Fsp3) is 0.500. The zero-order valence-corrected chi connectivity index (χ0v) is 21.4. The molecule has 6 nitrogen and oxygen atoms in total. The Kier molecular flexibility index (Phi) is 7.39. The van der Waals surface area contributed by atoms with E-state index in [1.165, 1.54) is 19.7 Å². The lowest BCUT2D eigenvalue weighted by Gasteiger charge is -2.24. The zero-order chi connectivity index (χ0) is 24.6. The van der Waals surface area contributed by atoms with Gasteiger partial charge >= 0.3 is 0 Å². The molecule has 0 aliphatic heterocycles. The maximum Gasteiger partial charge on any atom is 0.283 e. The van der Waals surface area contributed by atoms with Crippen molar-refractivity contribution in [1.82, 2.24) is 15.1 Å². The number of nitrogens with zero attached hydrogens (tertiary/aromatic N) is 2. The highest BCUT2D eigenvalue weighted by Crippen LogP contribution is 2.48. The molecule has 0 saturated heterocycles. The molecule has 1 N–H and O–H groups in total. The van der Waals surface area contributed by atoms with E-state index in [4.69, 9.17) is 27.9 Å². The summed E-state index contributed by atoms with van der Waals surface area (Å²) < 4.78 is 7.20. The van der Waals surface area contributed by atoms with Gasteiger partial charge in [-0.05, 0) is 66.2 Å². The van der Waals surface area contributed by atoms with Crippen LogP contribution in [0, 0.1) is 29.6 Å². The summed E-state index contributed by atoms with van der Waals surface area (Å²) in [6.07, 6.45) is 13.3. The Morgan fingerprint density at radius 2 is 2.09 bits per heavy atom. The average Bonchev–Trinajstić information content (AvgIpc) is 3.52. The number of halogens is 2. The molecule has 182 valence electrons. The second kappa shape index (κ2) is 10.1. The van der Waals surface area contributed by atoms with Crippen molar-refractivity contribution in [3.63, 3.8) is 0 Å². The van der Waals surface area contributed by atoms with Gasteiger partial charge in [-0.15, -0.1) is 11.6 Å². The molecule has 3 unspecified atom stereocenters. The first-order valence-corrected chi connectivity index (χ1v) is 12.6. The van der Waals surface area contributed by atoms with E-state index in [2.05, 4.69) is 36.4 Å². The Morgan fingerprint density at radius 1 is 1.35 bits per heavy atom. The second-order valence-electron chi connectivity index (χ2n) is 9.69. The zero-order valence-electron chi connectivity index (χ0n) is 19.9. The number of carbonyl (C=O) groups is 1. The standard InChI is InChI=1S/C26H31Cl2N3O3/c1-14-5-7-18(11-21(14)20-9-15(20)2)34-23-13-30-31(4)26(33)24(23)25(32)29-12-16(3)19-8-6-17(27)10-22(19)28/h5,7-8,10-11,13-17,20-21H,6,9,12H2,1-4H3,(H,29,32)/t14-,15+,16-,17?,20?,21?/m1/s1.